The van der Waals surface area contributed by atoms with Crippen molar-refractivity contribution in [2.45, 2.75) is 33.2 Å². The van der Waals surface area contributed by atoms with Gasteiger partial charge in [-0.3, -0.25) is 4.79 Å². The molecule has 0 fully saturated rings. The Kier molecular flexibility index (Phi) is 6.83. The number of amides is 1. The fourth-order valence-electron chi connectivity index (χ4n) is 2.18. The summed E-state index contributed by atoms with van der Waals surface area (Å²) in [5.41, 5.74) is 1.87. The molecule has 1 amide bonds. The van der Waals surface area contributed by atoms with Gasteiger partial charge < -0.3 is 10.0 Å². The van der Waals surface area contributed by atoms with Gasteiger partial charge in [-0.15, -0.1) is 0 Å². The predicted molar refractivity (Wildman–Crippen MR) is 81.0 cm³/mol. The molecule has 0 radical (unpaired) electrons. The van der Waals surface area contributed by atoms with Crippen molar-refractivity contribution in [3.05, 3.63) is 35.4 Å². The third-order valence-corrected chi connectivity index (χ3v) is 3.25. The Morgan fingerprint density at radius 3 is 2.75 bits per heavy atom. The van der Waals surface area contributed by atoms with E-state index in [-0.39, 0.29) is 18.4 Å². The van der Waals surface area contributed by atoms with Gasteiger partial charge in [-0.05, 0) is 18.1 Å². The highest BCUT2D eigenvalue weighted by Crippen LogP contribution is 2.14. The van der Waals surface area contributed by atoms with E-state index >= 15 is 0 Å². The zero-order valence-electron chi connectivity index (χ0n) is 12.5. The summed E-state index contributed by atoms with van der Waals surface area (Å²) >= 11 is 0. The summed E-state index contributed by atoms with van der Waals surface area (Å²) in [6.45, 7) is 4.45. The highest BCUT2D eigenvalue weighted by Gasteiger charge is 2.17. The molecule has 0 aliphatic rings. The van der Waals surface area contributed by atoms with Gasteiger partial charge in [0, 0.05) is 25.1 Å². The molecule has 0 aromatic heterocycles. The third kappa shape index (κ3) is 4.71. The predicted octanol–water partition coefficient (Wildman–Crippen LogP) is 2.43. The fourth-order valence-corrected chi connectivity index (χ4v) is 2.18. The normalized spacial score (nSPS) is 11.4. The molecule has 0 aliphatic carbocycles. The highest BCUT2D eigenvalue weighted by atomic mass is 16.2. The first kappa shape index (κ1) is 16.3. The van der Waals surface area contributed by atoms with Crippen molar-refractivity contribution in [2.24, 2.45) is 5.92 Å². The first-order chi connectivity index (χ1) is 9.60. The zero-order valence-corrected chi connectivity index (χ0v) is 12.5. The van der Waals surface area contributed by atoms with Crippen LogP contribution in [0.2, 0.25) is 0 Å². The fraction of sp³-hybridized carbons (Fsp3) is 0.471. The van der Waals surface area contributed by atoms with E-state index in [1.165, 1.54) is 0 Å². The summed E-state index contributed by atoms with van der Waals surface area (Å²) in [6, 6.07) is 7.72. The molecule has 1 aromatic carbocycles. The summed E-state index contributed by atoms with van der Waals surface area (Å²) in [5, 5.41) is 8.78. The quantitative estimate of drug-likeness (QED) is 0.837. The average molecular weight is 273 g/mol. The van der Waals surface area contributed by atoms with E-state index in [0.717, 1.165) is 24.0 Å². The summed E-state index contributed by atoms with van der Waals surface area (Å²) < 4.78 is 0. The largest absolute Gasteiger partial charge is 0.384 e. The van der Waals surface area contributed by atoms with Crippen molar-refractivity contribution in [3.63, 3.8) is 0 Å². The Morgan fingerprint density at radius 2 is 2.10 bits per heavy atom. The molecule has 108 valence electrons. The summed E-state index contributed by atoms with van der Waals surface area (Å²) in [5.74, 6) is 5.80. The third-order valence-electron chi connectivity index (χ3n) is 3.25. The van der Waals surface area contributed by atoms with Crippen molar-refractivity contribution in [1.82, 2.24) is 4.90 Å². The van der Waals surface area contributed by atoms with Crippen LogP contribution < -0.4 is 0 Å². The van der Waals surface area contributed by atoms with E-state index in [9.17, 15) is 4.79 Å². The zero-order chi connectivity index (χ0) is 15.0. The molecule has 0 bridgehead atoms. The molecule has 1 unspecified atom stereocenters. The maximum Gasteiger partial charge on any atom is 0.225 e. The van der Waals surface area contributed by atoms with Crippen LogP contribution in [0, 0.1) is 17.8 Å². The Balaban J connectivity index is 2.80. The SMILES string of the molecule is CCCC(C)C(=O)N(C)Cc1ccccc1C#CCO. The number of aliphatic hydroxyl groups is 1. The van der Waals surface area contributed by atoms with E-state index < -0.39 is 0 Å². The maximum absolute atomic E-state index is 12.2. The molecule has 0 heterocycles. The Bertz CT molecular complexity index is 499. The molecule has 1 rings (SSSR count). The lowest BCUT2D eigenvalue weighted by Gasteiger charge is -2.21. The van der Waals surface area contributed by atoms with Crippen molar-refractivity contribution in [3.8, 4) is 11.8 Å². The first-order valence-corrected chi connectivity index (χ1v) is 7.02. The minimum absolute atomic E-state index is 0.0562. The number of hydrogen-bond donors (Lipinski definition) is 1. The van der Waals surface area contributed by atoms with Crippen LogP contribution in [0.5, 0.6) is 0 Å². The molecular formula is C17H23NO2. The number of nitrogens with zero attached hydrogens (tertiary/aromatic N) is 1. The lowest BCUT2D eigenvalue weighted by Crippen LogP contribution is -2.31. The van der Waals surface area contributed by atoms with Crippen molar-refractivity contribution >= 4 is 5.91 Å². The van der Waals surface area contributed by atoms with Gasteiger partial charge in [-0.1, -0.05) is 50.3 Å². The molecule has 0 aliphatic heterocycles. The minimum Gasteiger partial charge on any atom is -0.384 e. The molecule has 0 saturated carbocycles. The van der Waals surface area contributed by atoms with Gasteiger partial charge in [0.25, 0.3) is 0 Å². The molecule has 1 atom stereocenters. The summed E-state index contributed by atoms with van der Waals surface area (Å²) in [6.07, 6.45) is 1.93. The minimum atomic E-state index is -0.156. The van der Waals surface area contributed by atoms with Crippen LogP contribution in [0.25, 0.3) is 0 Å². The lowest BCUT2D eigenvalue weighted by atomic mass is 10.0. The number of benzene rings is 1. The van der Waals surface area contributed by atoms with Crippen LogP contribution in [0.1, 0.15) is 37.8 Å². The molecule has 0 spiro atoms. The Hall–Kier alpha value is -1.79. The van der Waals surface area contributed by atoms with Gasteiger partial charge in [0.05, 0.1) is 0 Å². The van der Waals surface area contributed by atoms with Crippen LogP contribution in [0.4, 0.5) is 0 Å². The highest BCUT2D eigenvalue weighted by molar-refractivity contribution is 5.78. The second kappa shape index (κ2) is 8.39. The molecule has 3 heteroatoms. The second-order valence-electron chi connectivity index (χ2n) is 5.00. The van der Waals surface area contributed by atoms with Gasteiger partial charge in [-0.25, -0.2) is 0 Å². The Labute approximate surface area is 121 Å². The van der Waals surface area contributed by atoms with Gasteiger partial charge in [0.2, 0.25) is 5.91 Å². The van der Waals surface area contributed by atoms with E-state index in [1.54, 1.807) is 4.90 Å². The van der Waals surface area contributed by atoms with Crippen LogP contribution in [-0.2, 0) is 11.3 Å². The number of aliphatic hydroxyl groups excluding tert-OH is 1. The van der Waals surface area contributed by atoms with Crippen LogP contribution >= 0.6 is 0 Å². The second-order valence-corrected chi connectivity index (χ2v) is 5.00. The van der Waals surface area contributed by atoms with Crippen LogP contribution in [0.3, 0.4) is 0 Å². The number of carbonyl (C=O) groups is 1. The maximum atomic E-state index is 12.2. The van der Waals surface area contributed by atoms with Gasteiger partial charge in [0.1, 0.15) is 6.61 Å². The number of carbonyl (C=O) groups excluding carboxylic acids is 1. The first-order valence-electron chi connectivity index (χ1n) is 7.02. The van der Waals surface area contributed by atoms with E-state index in [1.807, 2.05) is 38.2 Å². The molecule has 1 aromatic rings. The van der Waals surface area contributed by atoms with Crippen LogP contribution in [0.15, 0.2) is 24.3 Å². The standard InChI is InChI=1S/C17H23NO2/c1-4-8-14(2)17(20)18(3)13-16-10-6-5-9-15(16)11-7-12-19/h5-6,9-10,14,19H,4,8,12-13H2,1-3H3. The van der Waals surface area contributed by atoms with E-state index in [2.05, 4.69) is 18.8 Å². The average Bonchev–Trinajstić information content (AvgIpc) is 2.45. The molecule has 0 saturated heterocycles. The van der Waals surface area contributed by atoms with E-state index in [0.29, 0.717) is 6.54 Å². The monoisotopic (exact) mass is 273 g/mol. The van der Waals surface area contributed by atoms with Crippen molar-refractivity contribution in [1.29, 1.82) is 0 Å². The summed E-state index contributed by atoms with van der Waals surface area (Å²) in [4.78, 5) is 14.0. The van der Waals surface area contributed by atoms with E-state index in [4.69, 9.17) is 5.11 Å². The van der Waals surface area contributed by atoms with Crippen molar-refractivity contribution < 1.29 is 9.90 Å². The number of hydrogen-bond acceptors (Lipinski definition) is 2. The molecular weight excluding hydrogens is 250 g/mol. The van der Waals surface area contributed by atoms with Crippen molar-refractivity contribution in [2.75, 3.05) is 13.7 Å². The molecule has 3 nitrogen and oxygen atoms in total. The smallest absolute Gasteiger partial charge is 0.225 e. The summed E-state index contributed by atoms with van der Waals surface area (Å²) in [7, 11) is 1.82. The Morgan fingerprint density at radius 1 is 1.40 bits per heavy atom. The lowest BCUT2D eigenvalue weighted by molar-refractivity contribution is -0.134. The van der Waals surface area contributed by atoms with Crippen LogP contribution in [-0.4, -0.2) is 29.6 Å². The molecule has 20 heavy (non-hydrogen) atoms. The molecule has 1 N–H and O–H groups in total. The van der Waals surface area contributed by atoms with Gasteiger partial charge in [-0.2, -0.15) is 0 Å². The van der Waals surface area contributed by atoms with Gasteiger partial charge in [0.15, 0.2) is 0 Å². The number of rotatable bonds is 5. The van der Waals surface area contributed by atoms with Gasteiger partial charge >= 0.3 is 0 Å². The topological polar surface area (TPSA) is 40.5 Å².